The van der Waals surface area contributed by atoms with Gasteiger partial charge < -0.3 is 9.84 Å². The molecule has 1 aliphatic rings. The van der Waals surface area contributed by atoms with Crippen molar-refractivity contribution in [3.05, 3.63) is 42.0 Å². The molecule has 0 heterocycles. The summed E-state index contributed by atoms with van der Waals surface area (Å²) in [7, 11) is 1.30. The number of para-hydroxylation sites is 1. The minimum absolute atomic E-state index is 0.126. The Morgan fingerprint density at radius 3 is 2.62 bits per heavy atom. The number of ether oxygens (including phenoxy) is 1. The highest BCUT2D eigenvalue weighted by Gasteiger charge is 2.25. The number of aliphatic hydroxyl groups is 1. The summed E-state index contributed by atoms with van der Waals surface area (Å²) in [6.07, 6.45) is 2.93. The number of carbonyl (C=O) groups excluding carboxylic acids is 2. The second-order valence-corrected chi connectivity index (χ2v) is 4.96. The zero-order valence-electron chi connectivity index (χ0n) is 12.0. The molecule has 112 valence electrons. The van der Waals surface area contributed by atoms with Crippen molar-refractivity contribution in [2.45, 2.75) is 25.4 Å². The molecule has 1 atom stereocenters. The van der Waals surface area contributed by atoms with E-state index in [-0.39, 0.29) is 18.6 Å². The summed E-state index contributed by atoms with van der Waals surface area (Å²) in [6.45, 7) is -0.126. The highest BCUT2D eigenvalue weighted by molar-refractivity contribution is 6.07. The van der Waals surface area contributed by atoms with Crippen LogP contribution in [-0.4, -0.2) is 36.7 Å². The fourth-order valence-corrected chi connectivity index (χ4v) is 2.27. The number of carbonyl (C=O) groups is 2. The molecule has 1 aliphatic carbocycles. The van der Waals surface area contributed by atoms with Crippen LogP contribution in [0.2, 0.25) is 0 Å². The maximum atomic E-state index is 12.6. The van der Waals surface area contributed by atoms with E-state index in [9.17, 15) is 14.7 Å². The maximum Gasteiger partial charge on any atom is 0.325 e. The van der Waals surface area contributed by atoms with Gasteiger partial charge in [0.05, 0.1) is 13.2 Å². The predicted molar refractivity (Wildman–Crippen MR) is 78.8 cm³/mol. The molecule has 5 nitrogen and oxygen atoms in total. The van der Waals surface area contributed by atoms with Gasteiger partial charge in [-0.1, -0.05) is 24.3 Å². The van der Waals surface area contributed by atoms with E-state index in [1.165, 1.54) is 12.0 Å². The van der Waals surface area contributed by atoms with Gasteiger partial charge >= 0.3 is 5.97 Å². The van der Waals surface area contributed by atoms with Crippen LogP contribution in [0.1, 0.15) is 19.3 Å². The molecule has 0 aliphatic heterocycles. The van der Waals surface area contributed by atoms with Gasteiger partial charge in [0.25, 0.3) is 5.91 Å². The molecule has 0 spiro atoms. The lowest BCUT2D eigenvalue weighted by molar-refractivity contribution is -0.139. The monoisotopic (exact) mass is 289 g/mol. The van der Waals surface area contributed by atoms with Gasteiger partial charge in [-0.3, -0.25) is 14.5 Å². The van der Waals surface area contributed by atoms with Crippen molar-refractivity contribution in [2.24, 2.45) is 0 Å². The highest BCUT2D eigenvalue weighted by Crippen LogP contribution is 2.23. The third-order valence-electron chi connectivity index (χ3n) is 3.49. The van der Waals surface area contributed by atoms with Gasteiger partial charge in [-0.05, 0) is 31.4 Å². The summed E-state index contributed by atoms with van der Waals surface area (Å²) >= 11 is 0. The van der Waals surface area contributed by atoms with Gasteiger partial charge in [0.2, 0.25) is 0 Å². The number of amides is 1. The van der Waals surface area contributed by atoms with Crippen molar-refractivity contribution < 1.29 is 19.4 Å². The molecule has 1 N–H and O–H groups in total. The summed E-state index contributed by atoms with van der Waals surface area (Å²) in [5.41, 5.74) is 1.29. The third-order valence-corrected chi connectivity index (χ3v) is 3.49. The van der Waals surface area contributed by atoms with E-state index in [0.717, 1.165) is 0 Å². The molecule has 0 bridgehead atoms. The molecule has 2 rings (SSSR count). The molecule has 0 saturated carbocycles. The van der Waals surface area contributed by atoms with Crippen molar-refractivity contribution >= 4 is 17.6 Å². The molecule has 0 aromatic heterocycles. The average Bonchev–Trinajstić information content (AvgIpc) is 2.53. The van der Waals surface area contributed by atoms with Gasteiger partial charge in [-0.15, -0.1) is 0 Å². The van der Waals surface area contributed by atoms with Crippen molar-refractivity contribution in [3.63, 3.8) is 0 Å². The average molecular weight is 289 g/mol. The number of rotatable bonds is 4. The number of nitrogens with zero attached hydrogens (tertiary/aromatic N) is 1. The first-order valence-corrected chi connectivity index (χ1v) is 6.92. The van der Waals surface area contributed by atoms with Crippen molar-refractivity contribution in [3.8, 4) is 0 Å². The number of aliphatic hydroxyl groups excluding tert-OH is 1. The van der Waals surface area contributed by atoms with E-state index < -0.39 is 5.97 Å². The highest BCUT2D eigenvalue weighted by atomic mass is 16.5. The van der Waals surface area contributed by atoms with E-state index >= 15 is 0 Å². The van der Waals surface area contributed by atoms with Crippen LogP contribution in [0, 0.1) is 0 Å². The van der Waals surface area contributed by atoms with Crippen LogP contribution in [-0.2, 0) is 14.3 Å². The zero-order valence-corrected chi connectivity index (χ0v) is 12.0. The number of methoxy groups -OCH3 is 1. The number of hydrogen-bond acceptors (Lipinski definition) is 4. The lowest BCUT2D eigenvalue weighted by Crippen LogP contribution is -2.38. The van der Waals surface area contributed by atoms with Crippen LogP contribution >= 0.6 is 0 Å². The van der Waals surface area contributed by atoms with E-state index in [0.29, 0.717) is 30.5 Å². The van der Waals surface area contributed by atoms with Gasteiger partial charge in [-0.25, -0.2) is 0 Å². The lowest BCUT2D eigenvalue weighted by Gasteiger charge is -2.25. The Morgan fingerprint density at radius 1 is 1.33 bits per heavy atom. The largest absolute Gasteiger partial charge is 0.468 e. The summed E-state index contributed by atoms with van der Waals surface area (Å²) in [5.74, 6) is -0.679. The van der Waals surface area contributed by atoms with Gasteiger partial charge in [0, 0.05) is 11.3 Å². The first-order valence-electron chi connectivity index (χ1n) is 6.92. The molecule has 1 aromatic carbocycles. The standard InChI is InChI=1S/C16H19NO4/c1-21-15(19)11-17(13-5-3-2-4-6-13)16(20)12-7-9-14(18)10-8-12/h2-7,14,18H,8-11H2,1H3. The molecule has 0 fully saturated rings. The number of hydrogen-bond donors (Lipinski definition) is 1. The second kappa shape index (κ2) is 7.04. The fourth-order valence-electron chi connectivity index (χ4n) is 2.27. The fraction of sp³-hybridized carbons (Fsp3) is 0.375. The minimum Gasteiger partial charge on any atom is -0.468 e. The third kappa shape index (κ3) is 3.92. The minimum atomic E-state index is -0.469. The second-order valence-electron chi connectivity index (χ2n) is 4.96. The Hall–Kier alpha value is -2.14. The molecule has 1 aromatic rings. The Balaban J connectivity index is 2.23. The van der Waals surface area contributed by atoms with E-state index in [2.05, 4.69) is 4.74 Å². The summed E-state index contributed by atoms with van der Waals surface area (Å²) in [4.78, 5) is 25.6. The number of benzene rings is 1. The van der Waals surface area contributed by atoms with Crippen molar-refractivity contribution in [2.75, 3.05) is 18.6 Å². The molecule has 1 amide bonds. The Labute approximate surface area is 123 Å². The van der Waals surface area contributed by atoms with Gasteiger partial charge in [-0.2, -0.15) is 0 Å². The van der Waals surface area contributed by atoms with Crippen LogP contribution in [0.3, 0.4) is 0 Å². The smallest absolute Gasteiger partial charge is 0.325 e. The van der Waals surface area contributed by atoms with Gasteiger partial charge in [0.15, 0.2) is 0 Å². The molecule has 5 heteroatoms. The normalized spacial score (nSPS) is 17.8. The van der Waals surface area contributed by atoms with Crippen LogP contribution in [0.25, 0.3) is 0 Å². The van der Waals surface area contributed by atoms with E-state index in [4.69, 9.17) is 0 Å². The molecule has 21 heavy (non-hydrogen) atoms. The first-order chi connectivity index (χ1) is 10.1. The Bertz CT molecular complexity index is 538. The summed E-state index contributed by atoms with van der Waals surface area (Å²) in [6, 6.07) is 9.02. The number of esters is 1. The lowest BCUT2D eigenvalue weighted by atomic mass is 9.96. The van der Waals surface area contributed by atoms with Crippen molar-refractivity contribution in [1.29, 1.82) is 0 Å². The van der Waals surface area contributed by atoms with E-state index in [1.807, 2.05) is 18.2 Å². The molecular weight excluding hydrogens is 270 g/mol. The van der Waals surface area contributed by atoms with E-state index in [1.54, 1.807) is 18.2 Å². The zero-order chi connectivity index (χ0) is 15.2. The Morgan fingerprint density at radius 2 is 2.05 bits per heavy atom. The quantitative estimate of drug-likeness (QED) is 0.856. The molecule has 1 unspecified atom stereocenters. The van der Waals surface area contributed by atoms with Gasteiger partial charge in [0.1, 0.15) is 6.54 Å². The topological polar surface area (TPSA) is 66.8 Å². The number of anilines is 1. The Kier molecular flexibility index (Phi) is 5.11. The molecular formula is C16H19NO4. The summed E-state index contributed by atoms with van der Waals surface area (Å²) in [5, 5.41) is 9.50. The molecule has 0 radical (unpaired) electrons. The SMILES string of the molecule is COC(=O)CN(C(=O)C1=CCC(O)CC1)c1ccccc1. The first kappa shape index (κ1) is 15.3. The van der Waals surface area contributed by atoms with Crippen molar-refractivity contribution in [1.82, 2.24) is 0 Å². The molecule has 0 saturated heterocycles. The predicted octanol–water partition coefficient (Wildman–Crippen LogP) is 1.66. The van der Waals surface area contributed by atoms with Crippen LogP contribution < -0.4 is 4.90 Å². The summed E-state index contributed by atoms with van der Waals surface area (Å²) < 4.78 is 4.66. The van der Waals surface area contributed by atoms with Crippen LogP contribution in [0.15, 0.2) is 42.0 Å². The van der Waals surface area contributed by atoms with Crippen LogP contribution in [0.4, 0.5) is 5.69 Å². The van der Waals surface area contributed by atoms with Crippen LogP contribution in [0.5, 0.6) is 0 Å². The maximum absolute atomic E-state index is 12.6.